The molecule has 0 atom stereocenters. The topological polar surface area (TPSA) is 14.8 Å². The van der Waals surface area contributed by atoms with E-state index in [1.807, 2.05) is 0 Å². The SMILES string of the molecule is CCn1c2c(-c3ccccc3)cccc2c2c1c1c3cccc(-c4ccccc4)c3n(CC)c1c1c3cccc(-c4ccccc4)c3n(CC)c21. The minimum absolute atomic E-state index is 0.864. The highest BCUT2D eigenvalue weighted by Crippen LogP contribution is 2.51. The summed E-state index contributed by atoms with van der Waals surface area (Å²) < 4.78 is 7.87. The second kappa shape index (κ2) is 11.5. The molecule has 0 N–H and O–H groups in total. The summed E-state index contributed by atoms with van der Waals surface area (Å²) in [5, 5.41) is 8.00. The molecule has 3 heteroatoms. The number of rotatable bonds is 6. The van der Waals surface area contributed by atoms with E-state index in [9.17, 15) is 0 Å². The van der Waals surface area contributed by atoms with Crippen LogP contribution in [-0.2, 0) is 19.6 Å². The van der Waals surface area contributed by atoms with Gasteiger partial charge in [0.25, 0.3) is 0 Å². The van der Waals surface area contributed by atoms with Gasteiger partial charge in [0.05, 0.1) is 33.1 Å². The summed E-state index contributed by atoms with van der Waals surface area (Å²) >= 11 is 0. The van der Waals surface area contributed by atoms with Crippen LogP contribution in [-0.4, -0.2) is 13.7 Å². The van der Waals surface area contributed by atoms with E-state index in [-0.39, 0.29) is 0 Å². The van der Waals surface area contributed by atoms with Crippen LogP contribution in [0.15, 0.2) is 146 Å². The second-order valence-electron chi connectivity index (χ2n) is 13.6. The van der Waals surface area contributed by atoms with Crippen molar-refractivity contribution in [1.82, 2.24) is 13.7 Å². The van der Waals surface area contributed by atoms with Crippen molar-refractivity contribution in [3.05, 3.63) is 146 Å². The quantitative estimate of drug-likeness (QED) is 0.169. The fourth-order valence-corrected chi connectivity index (χ4v) is 9.23. The predicted molar refractivity (Wildman–Crippen MR) is 219 cm³/mol. The summed E-state index contributed by atoms with van der Waals surface area (Å²) in [6.45, 7) is 9.53. The van der Waals surface area contributed by atoms with E-state index in [2.05, 4.69) is 180 Å². The third-order valence-corrected chi connectivity index (χ3v) is 11.2. The van der Waals surface area contributed by atoms with E-state index in [1.54, 1.807) is 0 Å². The van der Waals surface area contributed by atoms with Gasteiger partial charge in [-0.25, -0.2) is 0 Å². The Labute approximate surface area is 297 Å². The minimum Gasteiger partial charge on any atom is -0.340 e. The van der Waals surface area contributed by atoms with Crippen LogP contribution in [0.4, 0.5) is 0 Å². The molecule has 10 aromatic rings. The van der Waals surface area contributed by atoms with Crippen molar-refractivity contribution in [3.63, 3.8) is 0 Å². The van der Waals surface area contributed by atoms with Crippen LogP contribution in [0.2, 0.25) is 0 Å². The number of fused-ring (bicyclic) bond motifs is 12. The normalized spacial score (nSPS) is 12.1. The summed E-state index contributed by atoms with van der Waals surface area (Å²) in [6.07, 6.45) is 0. The van der Waals surface area contributed by atoms with Crippen molar-refractivity contribution in [2.45, 2.75) is 40.4 Å². The van der Waals surface area contributed by atoms with Crippen LogP contribution in [0.5, 0.6) is 0 Å². The van der Waals surface area contributed by atoms with Crippen molar-refractivity contribution in [3.8, 4) is 33.4 Å². The van der Waals surface area contributed by atoms with Crippen molar-refractivity contribution in [2.24, 2.45) is 0 Å². The molecule has 3 nitrogen and oxygen atoms in total. The Kier molecular flexibility index (Phi) is 6.72. The average molecular weight is 658 g/mol. The molecule has 3 aromatic heterocycles. The van der Waals surface area contributed by atoms with Crippen molar-refractivity contribution >= 4 is 65.4 Å². The smallest absolute Gasteiger partial charge is 0.0614 e. The Hall–Kier alpha value is -6.06. The minimum atomic E-state index is 0.864. The molecule has 0 aliphatic rings. The first-order chi connectivity index (χ1) is 25.2. The highest BCUT2D eigenvalue weighted by atomic mass is 15.0. The molecule has 0 radical (unpaired) electrons. The average Bonchev–Trinajstić information content (AvgIpc) is 3.84. The van der Waals surface area contributed by atoms with Crippen LogP contribution in [0.3, 0.4) is 0 Å². The zero-order chi connectivity index (χ0) is 34.2. The van der Waals surface area contributed by atoms with E-state index in [1.165, 1.54) is 98.8 Å². The van der Waals surface area contributed by atoms with Crippen LogP contribution in [0.25, 0.3) is 98.8 Å². The van der Waals surface area contributed by atoms with Gasteiger partial charge in [-0.2, -0.15) is 0 Å². The van der Waals surface area contributed by atoms with E-state index < -0.39 is 0 Å². The van der Waals surface area contributed by atoms with Gasteiger partial charge in [0.15, 0.2) is 0 Å². The molecular weight excluding hydrogens is 619 g/mol. The zero-order valence-electron chi connectivity index (χ0n) is 29.3. The summed E-state index contributed by atoms with van der Waals surface area (Å²) in [6, 6.07) is 53.6. The standard InChI is InChI=1S/C48H39N3/c1-4-49-43-34(31-19-10-7-11-20-31)25-16-28-37(43)40-46(49)41-38-29-17-26-35(32-21-12-8-13-22-32)44(38)50(5-2)48(41)42-39-30-18-27-36(33-23-14-9-15-24-33)45(39)51(6-3)47(40)42/h7-30H,4-6H2,1-3H3. The van der Waals surface area contributed by atoms with Gasteiger partial charge in [0, 0.05) is 68.6 Å². The van der Waals surface area contributed by atoms with Crippen molar-refractivity contribution in [1.29, 1.82) is 0 Å². The molecule has 246 valence electrons. The summed E-state index contributed by atoms with van der Waals surface area (Å²) in [7, 11) is 0. The number of benzene rings is 7. The highest BCUT2D eigenvalue weighted by molar-refractivity contribution is 6.41. The fourth-order valence-electron chi connectivity index (χ4n) is 9.23. The molecule has 0 aliphatic heterocycles. The molecule has 0 saturated heterocycles. The van der Waals surface area contributed by atoms with E-state index in [0.717, 1.165) is 19.6 Å². The van der Waals surface area contributed by atoms with Gasteiger partial charge in [-0.05, 0) is 37.5 Å². The monoisotopic (exact) mass is 657 g/mol. The molecule has 0 saturated carbocycles. The first kappa shape index (κ1) is 29.8. The van der Waals surface area contributed by atoms with E-state index in [0.29, 0.717) is 0 Å². The molecule has 0 fully saturated rings. The molecule has 7 aromatic carbocycles. The Morgan fingerprint density at radius 2 is 0.569 bits per heavy atom. The first-order valence-electron chi connectivity index (χ1n) is 18.4. The van der Waals surface area contributed by atoms with Crippen LogP contribution in [0, 0.1) is 0 Å². The zero-order valence-corrected chi connectivity index (χ0v) is 29.3. The molecule has 10 rings (SSSR count). The largest absolute Gasteiger partial charge is 0.340 e. The third kappa shape index (κ3) is 4.06. The van der Waals surface area contributed by atoms with Gasteiger partial charge in [-0.1, -0.05) is 146 Å². The second-order valence-corrected chi connectivity index (χ2v) is 13.6. The lowest BCUT2D eigenvalue weighted by Gasteiger charge is -2.12. The molecule has 0 aliphatic carbocycles. The summed E-state index contributed by atoms with van der Waals surface area (Å²) in [4.78, 5) is 0. The lowest BCUT2D eigenvalue weighted by Crippen LogP contribution is -1.99. The molecule has 0 bridgehead atoms. The number of nitrogens with zero attached hydrogens (tertiary/aromatic N) is 3. The van der Waals surface area contributed by atoms with E-state index >= 15 is 0 Å². The lowest BCUT2D eigenvalue weighted by molar-refractivity contribution is 0.821. The summed E-state index contributed by atoms with van der Waals surface area (Å²) in [5.41, 5.74) is 15.5. The number of hydrogen-bond acceptors (Lipinski definition) is 0. The number of para-hydroxylation sites is 3. The fraction of sp³-hybridized carbons (Fsp3) is 0.125. The number of hydrogen-bond donors (Lipinski definition) is 0. The van der Waals surface area contributed by atoms with Gasteiger partial charge < -0.3 is 13.7 Å². The van der Waals surface area contributed by atoms with Gasteiger partial charge in [0.2, 0.25) is 0 Å². The van der Waals surface area contributed by atoms with Crippen LogP contribution >= 0.6 is 0 Å². The molecule has 3 heterocycles. The Bertz CT molecular complexity index is 2590. The maximum atomic E-state index is 2.62. The van der Waals surface area contributed by atoms with Crippen molar-refractivity contribution < 1.29 is 0 Å². The Morgan fingerprint density at radius 1 is 0.294 bits per heavy atom. The molecule has 51 heavy (non-hydrogen) atoms. The number of aromatic nitrogens is 3. The maximum absolute atomic E-state index is 2.62. The molecule has 0 unspecified atom stereocenters. The summed E-state index contributed by atoms with van der Waals surface area (Å²) in [5.74, 6) is 0. The predicted octanol–water partition coefficient (Wildman–Crippen LogP) is 13.1. The Balaban J connectivity index is 1.55. The van der Waals surface area contributed by atoms with Crippen LogP contribution in [0.1, 0.15) is 20.8 Å². The van der Waals surface area contributed by atoms with Gasteiger partial charge in [0.1, 0.15) is 0 Å². The van der Waals surface area contributed by atoms with Gasteiger partial charge in [-0.15, -0.1) is 0 Å². The molecular formula is C48H39N3. The first-order valence-corrected chi connectivity index (χ1v) is 18.4. The van der Waals surface area contributed by atoms with Gasteiger partial charge >= 0.3 is 0 Å². The van der Waals surface area contributed by atoms with Gasteiger partial charge in [-0.3, -0.25) is 0 Å². The lowest BCUT2D eigenvalue weighted by atomic mass is 9.98. The van der Waals surface area contributed by atoms with Crippen LogP contribution < -0.4 is 0 Å². The Morgan fingerprint density at radius 3 is 0.824 bits per heavy atom. The molecule has 0 amide bonds. The maximum Gasteiger partial charge on any atom is 0.0614 e. The van der Waals surface area contributed by atoms with E-state index in [4.69, 9.17) is 0 Å². The van der Waals surface area contributed by atoms with Crippen molar-refractivity contribution in [2.75, 3.05) is 0 Å². The highest BCUT2D eigenvalue weighted by Gasteiger charge is 2.29. The molecule has 0 spiro atoms. The third-order valence-electron chi connectivity index (χ3n) is 11.2. The number of aryl methyl sites for hydroxylation is 3.